The Bertz CT molecular complexity index is 425. The SMILES string of the molecule is CC[C@@H](OC(=O)C(O)C(O)C(O)C(O)CO)C1=CCCC=C1.CN. The lowest BCUT2D eigenvalue weighted by molar-refractivity contribution is -0.173. The number of hydrogen-bond donors (Lipinski definition) is 6. The summed E-state index contributed by atoms with van der Waals surface area (Å²) in [4.78, 5) is 11.9. The second-order valence-electron chi connectivity index (χ2n) is 5.19. The zero-order valence-electron chi connectivity index (χ0n) is 14.1. The fourth-order valence-corrected chi connectivity index (χ4v) is 2.13. The molecule has 0 saturated carbocycles. The Balaban J connectivity index is 0.00000254. The van der Waals surface area contributed by atoms with Gasteiger partial charge < -0.3 is 36.0 Å². The van der Waals surface area contributed by atoms with E-state index in [-0.39, 0.29) is 0 Å². The van der Waals surface area contributed by atoms with E-state index in [1.807, 2.05) is 25.2 Å². The van der Waals surface area contributed by atoms with Crippen molar-refractivity contribution in [3.8, 4) is 0 Å². The molecule has 0 bridgehead atoms. The van der Waals surface area contributed by atoms with Gasteiger partial charge in [-0.25, -0.2) is 4.79 Å². The van der Waals surface area contributed by atoms with Gasteiger partial charge in [0.25, 0.3) is 0 Å². The molecule has 1 aliphatic rings. The molecule has 140 valence electrons. The number of carbonyl (C=O) groups excluding carboxylic acids is 1. The van der Waals surface area contributed by atoms with Gasteiger partial charge in [-0.15, -0.1) is 0 Å². The number of aliphatic hydroxyl groups is 5. The molecule has 0 amide bonds. The molecule has 0 saturated heterocycles. The van der Waals surface area contributed by atoms with Crippen molar-refractivity contribution in [3.63, 3.8) is 0 Å². The largest absolute Gasteiger partial charge is 0.456 e. The molecule has 0 aromatic rings. The van der Waals surface area contributed by atoms with Crippen molar-refractivity contribution in [1.82, 2.24) is 0 Å². The zero-order chi connectivity index (χ0) is 18.7. The fourth-order valence-electron chi connectivity index (χ4n) is 2.13. The van der Waals surface area contributed by atoms with Crippen LogP contribution in [-0.4, -0.2) is 75.7 Å². The average Bonchev–Trinajstić information content (AvgIpc) is 2.65. The Morgan fingerprint density at radius 2 is 1.83 bits per heavy atom. The van der Waals surface area contributed by atoms with Crippen LogP contribution in [0.3, 0.4) is 0 Å². The molecule has 8 heteroatoms. The van der Waals surface area contributed by atoms with Gasteiger partial charge in [-0.2, -0.15) is 0 Å². The molecule has 0 aromatic carbocycles. The molecule has 4 unspecified atom stereocenters. The van der Waals surface area contributed by atoms with Crippen LogP contribution in [0.2, 0.25) is 0 Å². The molecule has 0 spiro atoms. The number of carbonyl (C=O) groups is 1. The molecule has 0 aromatic heterocycles. The van der Waals surface area contributed by atoms with Crippen molar-refractivity contribution in [2.75, 3.05) is 13.7 Å². The van der Waals surface area contributed by atoms with Crippen LogP contribution >= 0.6 is 0 Å². The van der Waals surface area contributed by atoms with E-state index in [1.165, 1.54) is 7.05 Å². The van der Waals surface area contributed by atoms with Gasteiger partial charge in [0.2, 0.25) is 0 Å². The third-order valence-corrected chi connectivity index (χ3v) is 3.52. The van der Waals surface area contributed by atoms with Crippen LogP contribution in [0, 0.1) is 0 Å². The highest BCUT2D eigenvalue weighted by atomic mass is 16.6. The van der Waals surface area contributed by atoms with Crippen molar-refractivity contribution in [2.45, 2.75) is 56.7 Å². The normalized spacial score (nSPS) is 19.9. The summed E-state index contributed by atoms with van der Waals surface area (Å²) in [5, 5.41) is 46.8. The Morgan fingerprint density at radius 3 is 2.29 bits per heavy atom. The van der Waals surface area contributed by atoms with Gasteiger partial charge in [0, 0.05) is 0 Å². The number of allylic oxidation sites excluding steroid dienone is 2. The van der Waals surface area contributed by atoms with E-state index >= 15 is 0 Å². The molecule has 5 atom stereocenters. The topological polar surface area (TPSA) is 153 Å². The van der Waals surface area contributed by atoms with Gasteiger partial charge in [-0.3, -0.25) is 0 Å². The summed E-state index contributed by atoms with van der Waals surface area (Å²) in [5.74, 6) is -1.09. The molecule has 1 rings (SSSR count). The first-order valence-corrected chi connectivity index (χ1v) is 7.90. The molecule has 1 aliphatic carbocycles. The van der Waals surface area contributed by atoms with Gasteiger partial charge in [0.05, 0.1) is 6.61 Å². The van der Waals surface area contributed by atoms with Crippen molar-refractivity contribution in [2.24, 2.45) is 5.73 Å². The van der Waals surface area contributed by atoms with Crippen molar-refractivity contribution < 1.29 is 35.1 Å². The Morgan fingerprint density at radius 1 is 1.21 bits per heavy atom. The van der Waals surface area contributed by atoms with Crippen LogP contribution in [0.4, 0.5) is 0 Å². The number of aliphatic hydroxyl groups excluding tert-OH is 5. The maximum Gasteiger partial charge on any atom is 0.338 e. The average molecular weight is 347 g/mol. The molecule has 0 fully saturated rings. The predicted molar refractivity (Wildman–Crippen MR) is 87.9 cm³/mol. The minimum absolute atomic E-state index is 0.493. The standard InChI is InChI=1S/C15H24O7.CH5N/c1-2-11(9-6-4-3-5-7-9)22-15(21)14(20)13(19)12(18)10(17)8-16;1-2/h4,6-7,10-14,16-20H,2-3,5,8H2,1H3;2H2,1H3/t10?,11-,12?,13?,14?;/m1./s1. The maximum atomic E-state index is 11.9. The first-order chi connectivity index (χ1) is 11.4. The number of ether oxygens (including phenoxy) is 1. The second kappa shape index (κ2) is 12.1. The minimum Gasteiger partial charge on any atom is -0.456 e. The van der Waals surface area contributed by atoms with Crippen LogP contribution in [0.25, 0.3) is 0 Å². The predicted octanol–water partition coefficient (Wildman–Crippen LogP) is -1.40. The number of hydrogen-bond acceptors (Lipinski definition) is 8. The van der Waals surface area contributed by atoms with E-state index < -0.39 is 43.1 Å². The summed E-state index contributed by atoms with van der Waals surface area (Å²) in [6.45, 7) is 1.00. The molecule has 0 radical (unpaired) electrons. The van der Waals surface area contributed by atoms with Gasteiger partial charge in [-0.05, 0) is 31.9 Å². The molecule has 8 nitrogen and oxygen atoms in total. The first kappa shape index (κ1) is 22.7. The van der Waals surface area contributed by atoms with Crippen molar-refractivity contribution in [3.05, 3.63) is 23.8 Å². The first-order valence-electron chi connectivity index (χ1n) is 7.90. The van der Waals surface area contributed by atoms with E-state index in [4.69, 9.17) is 9.84 Å². The Labute approximate surface area is 141 Å². The van der Waals surface area contributed by atoms with Crippen LogP contribution in [0.1, 0.15) is 26.2 Å². The third kappa shape index (κ3) is 6.68. The molecular formula is C16H29NO7. The van der Waals surface area contributed by atoms with Crippen LogP contribution in [0.5, 0.6) is 0 Å². The molecule has 24 heavy (non-hydrogen) atoms. The highest BCUT2D eigenvalue weighted by Crippen LogP contribution is 2.19. The molecule has 0 heterocycles. The van der Waals surface area contributed by atoms with E-state index in [2.05, 4.69) is 5.73 Å². The van der Waals surface area contributed by atoms with E-state index in [0.29, 0.717) is 6.42 Å². The van der Waals surface area contributed by atoms with Crippen LogP contribution in [-0.2, 0) is 9.53 Å². The zero-order valence-corrected chi connectivity index (χ0v) is 14.1. The lowest BCUT2D eigenvalue weighted by Gasteiger charge is -2.26. The fraction of sp³-hybridized carbons (Fsp3) is 0.688. The Kier molecular flexibility index (Phi) is 11.5. The third-order valence-electron chi connectivity index (χ3n) is 3.52. The summed E-state index contributed by atoms with van der Waals surface area (Å²) in [7, 11) is 1.50. The van der Waals surface area contributed by atoms with Crippen molar-refractivity contribution in [1.29, 1.82) is 0 Å². The van der Waals surface area contributed by atoms with Crippen LogP contribution in [0.15, 0.2) is 23.8 Å². The highest BCUT2D eigenvalue weighted by molar-refractivity contribution is 5.75. The number of esters is 1. The van der Waals surface area contributed by atoms with Gasteiger partial charge in [0.1, 0.15) is 24.4 Å². The number of rotatable bonds is 8. The van der Waals surface area contributed by atoms with Gasteiger partial charge >= 0.3 is 5.97 Å². The molecule has 0 aliphatic heterocycles. The van der Waals surface area contributed by atoms with Crippen molar-refractivity contribution >= 4 is 5.97 Å². The van der Waals surface area contributed by atoms with Gasteiger partial charge in [0.15, 0.2) is 6.10 Å². The minimum atomic E-state index is -2.02. The molecular weight excluding hydrogens is 318 g/mol. The lowest BCUT2D eigenvalue weighted by Crippen LogP contribution is -2.49. The maximum absolute atomic E-state index is 11.9. The van der Waals surface area contributed by atoms with E-state index in [9.17, 15) is 25.2 Å². The number of nitrogens with two attached hydrogens (primary N) is 1. The summed E-state index contributed by atoms with van der Waals surface area (Å²) in [5.41, 5.74) is 5.32. The van der Waals surface area contributed by atoms with E-state index in [0.717, 1.165) is 18.4 Å². The quantitative estimate of drug-likeness (QED) is 0.293. The summed E-state index contributed by atoms with van der Waals surface area (Å²) in [6, 6.07) is 0. The van der Waals surface area contributed by atoms with E-state index in [1.54, 1.807) is 0 Å². The summed E-state index contributed by atoms with van der Waals surface area (Å²) >= 11 is 0. The highest BCUT2D eigenvalue weighted by Gasteiger charge is 2.36. The van der Waals surface area contributed by atoms with Gasteiger partial charge in [-0.1, -0.05) is 25.2 Å². The Hall–Kier alpha value is -1.29. The molecule has 7 N–H and O–H groups in total. The lowest BCUT2D eigenvalue weighted by atomic mass is 10.00. The van der Waals surface area contributed by atoms with Crippen LogP contribution < -0.4 is 5.73 Å². The summed E-state index contributed by atoms with van der Waals surface area (Å²) < 4.78 is 5.16. The smallest absolute Gasteiger partial charge is 0.338 e. The summed E-state index contributed by atoms with van der Waals surface area (Å²) in [6.07, 6.45) is -0.0536. The second-order valence-corrected chi connectivity index (χ2v) is 5.19. The monoisotopic (exact) mass is 347 g/mol.